The zero-order valence-corrected chi connectivity index (χ0v) is 18.3. The number of halogens is 1. The van der Waals surface area contributed by atoms with Gasteiger partial charge < -0.3 is 13.9 Å². The van der Waals surface area contributed by atoms with Gasteiger partial charge in [-0.25, -0.2) is 9.59 Å². The summed E-state index contributed by atoms with van der Waals surface area (Å²) in [5.74, 6) is -0.550. The molecule has 28 heavy (non-hydrogen) atoms. The number of ether oxygens (including phenoxy) is 2. The molecule has 0 saturated heterocycles. The first-order valence-electron chi connectivity index (χ1n) is 8.62. The molecule has 2 aromatic carbocycles. The molecule has 2 aromatic rings. The Morgan fingerprint density at radius 3 is 1.75 bits per heavy atom. The van der Waals surface area contributed by atoms with Crippen LogP contribution in [0.1, 0.15) is 21.5 Å². The second kappa shape index (κ2) is 9.08. The molecule has 0 heterocycles. The van der Waals surface area contributed by atoms with E-state index in [0.29, 0.717) is 33.0 Å². The minimum absolute atomic E-state index is 0.299. The Bertz CT molecular complexity index is 881. The fourth-order valence-corrected chi connectivity index (χ4v) is 3.45. The Morgan fingerprint density at radius 2 is 1.29 bits per heavy atom. The highest BCUT2D eigenvalue weighted by atomic mass is 35.5. The highest BCUT2D eigenvalue weighted by Gasteiger charge is 2.26. The van der Waals surface area contributed by atoms with Crippen molar-refractivity contribution in [2.45, 2.75) is 19.6 Å². The van der Waals surface area contributed by atoms with Gasteiger partial charge >= 0.3 is 11.9 Å². The normalized spacial score (nSPS) is 12.1. The van der Waals surface area contributed by atoms with Crippen molar-refractivity contribution in [3.05, 3.63) is 70.2 Å². The van der Waals surface area contributed by atoms with Gasteiger partial charge in [-0.05, 0) is 49.5 Å². The van der Waals surface area contributed by atoms with Crippen LogP contribution >= 0.6 is 11.6 Å². The van der Waals surface area contributed by atoms with Crippen molar-refractivity contribution in [1.29, 1.82) is 0 Å². The largest absolute Gasteiger partial charge is 0.543 e. The van der Waals surface area contributed by atoms with Crippen molar-refractivity contribution in [2.75, 3.05) is 14.2 Å². The van der Waals surface area contributed by atoms with E-state index in [1.807, 2.05) is 19.6 Å². The molecule has 0 radical (unpaired) electrons. The first kappa shape index (κ1) is 21.7. The fourth-order valence-electron chi connectivity index (χ4n) is 2.50. The molecule has 0 aliphatic heterocycles. The third-order valence-electron chi connectivity index (χ3n) is 3.73. The molecule has 0 aliphatic rings. The topological polar surface area (TPSA) is 61.8 Å². The van der Waals surface area contributed by atoms with Crippen LogP contribution in [-0.4, -0.2) is 34.5 Å². The maximum absolute atomic E-state index is 12.7. The molecular formula is C21H23ClO5Si. The van der Waals surface area contributed by atoms with E-state index in [1.165, 1.54) is 14.2 Å². The second-order valence-electron chi connectivity index (χ2n) is 6.99. The SMILES string of the molecule is COC(=O)/C(=C(\O[Si](C)(C)C)c1ccc(C(=O)OC)cc1)c1ccc(Cl)cc1. The van der Waals surface area contributed by atoms with Gasteiger partial charge in [-0.1, -0.05) is 35.9 Å². The number of carbonyl (C=O) groups is 2. The lowest BCUT2D eigenvalue weighted by Crippen LogP contribution is -2.26. The predicted octanol–water partition coefficient (Wildman–Crippen LogP) is 5.02. The summed E-state index contributed by atoms with van der Waals surface area (Å²) < 4.78 is 16.1. The van der Waals surface area contributed by atoms with E-state index in [9.17, 15) is 9.59 Å². The van der Waals surface area contributed by atoms with E-state index >= 15 is 0 Å². The van der Waals surface area contributed by atoms with Crippen LogP contribution in [0.4, 0.5) is 0 Å². The van der Waals surface area contributed by atoms with Crippen molar-refractivity contribution in [1.82, 2.24) is 0 Å². The van der Waals surface area contributed by atoms with E-state index in [4.69, 9.17) is 25.5 Å². The van der Waals surface area contributed by atoms with E-state index in [0.717, 1.165) is 0 Å². The van der Waals surface area contributed by atoms with Gasteiger partial charge in [0, 0.05) is 10.6 Å². The van der Waals surface area contributed by atoms with Crippen LogP contribution in [0, 0.1) is 0 Å². The van der Waals surface area contributed by atoms with Gasteiger partial charge in [0.05, 0.1) is 19.8 Å². The van der Waals surface area contributed by atoms with Gasteiger partial charge in [-0.3, -0.25) is 0 Å². The van der Waals surface area contributed by atoms with Crippen LogP contribution in [0.25, 0.3) is 11.3 Å². The van der Waals surface area contributed by atoms with Crippen molar-refractivity contribution in [3.63, 3.8) is 0 Å². The Morgan fingerprint density at radius 1 is 0.786 bits per heavy atom. The summed E-state index contributed by atoms with van der Waals surface area (Å²) in [7, 11) is 0.555. The van der Waals surface area contributed by atoms with E-state index in [-0.39, 0.29) is 0 Å². The summed E-state index contributed by atoms with van der Waals surface area (Å²) in [6, 6.07) is 13.6. The van der Waals surface area contributed by atoms with Gasteiger partial charge in [0.25, 0.3) is 0 Å². The lowest BCUT2D eigenvalue weighted by molar-refractivity contribution is -0.133. The second-order valence-corrected chi connectivity index (χ2v) is 11.9. The third-order valence-corrected chi connectivity index (χ3v) is 4.79. The maximum Gasteiger partial charge on any atom is 0.342 e. The van der Waals surface area contributed by atoms with Crippen LogP contribution in [0.15, 0.2) is 48.5 Å². The van der Waals surface area contributed by atoms with Gasteiger partial charge in [-0.2, -0.15) is 0 Å². The molecule has 0 saturated carbocycles. The Labute approximate surface area is 171 Å². The summed E-state index contributed by atoms with van der Waals surface area (Å²) in [5.41, 5.74) is 1.99. The van der Waals surface area contributed by atoms with Gasteiger partial charge in [0.2, 0.25) is 8.32 Å². The first-order chi connectivity index (χ1) is 13.2. The number of hydrogen-bond acceptors (Lipinski definition) is 5. The summed E-state index contributed by atoms with van der Waals surface area (Å²) >= 11 is 5.99. The maximum atomic E-state index is 12.7. The number of esters is 2. The summed E-state index contributed by atoms with van der Waals surface area (Å²) in [6.07, 6.45) is 0. The summed E-state index contributed by atoms with van der Waals surface area (Å²) in [4.78, 5) is 24.4. The minimum atomic E-state index is -2.09. The average Bonchev–Trinajstić information content (AvgIpc) is 2.67. The number of rotatable bonds is 6. The van der Waals surface area contributed by atoms with Crippen LogP contribution in [0.3, 0.4) is 0 Å². The van der Waals surface area contributed by atoms with Crippen LogP contribution in [-0.2, 0) is 18.7 Å². The predicted molar refractivity (Wildman–Crippen MR) is 112 cm³/mol. The lowest BCUT2D eigenvalue weighted by Gasteiger charge is -2.24. The van der Waals surface area contributed by atoms with Gasteiger partial charge in [0.15, 0.2) is 0 Å². The molecular weight excluding hydrogens is 396 g/mol. The van der Waals surface area contributed by atoms with Crippen LogP contribution < -0.4 is 0 Å². The zero-order valence-electron chi connectivity index (χ0n) is 16.5. The van der Waals surface area contributed by atoms with Crippen molar-refractivity contribution < 1.29 is 23.5 Å². The third kappa shape index (κ3) is 5.47. The zero-order chi connectivity index (χ0) is 20.9. The quantitative estimate of drug-likeness (QED) is 0.217. The van der Waals surface area contributed by atoms with Crippen molar-refractivity contribution in [2.24, 2.45) is 0 Å². The minimum Gasteiger partial charge on any atom is -0.543 e. The molecule has 0 amide bonds. The first-order valence-corrected chi connectivity index (χ1v) is 12.4. The number of carbonyl (C=O) groups excluding carboxylic acids is 2. The van der Waals surface area contributed by atoms with E-state index in [1.54, 1.807) is 48.5 Å². The number of methoxy groups -OCH3 is 2. The summed E-state index contributed by atoms with van der Waals surface area (Å²) in [6.45, 7) is 6.06. The van der Waals surface area contributed by atoms with E-state index in [2.05, 4.69) is 0 Å². The molecule has 0 aromatic heterocycles. The lowest BCUT2D eigenvalue weighted by atomic mass is 10.0. The standard InChI is InChI=1S/C21H23ClO5Si/c1-25-20(23)16-8-6-15(7-9-16)19(27-28(3,4)5)18(21(24)26-2)14-10-12-17(22)13-11-14/h6-13H,1-5H3/b19-18-. The Hall–Kier alpha value is -2.57. The summed E-state index contributed by atoms with van der Waals surface area (Å²) in [5, 5.41) is 0.558. The molecule has 5 nitrogen and oxygen atoms in total. The van der Waals surface area contributed by atoms with E-state index < -0.39 is 20.3 Å². The van der Waals surface area contributed by atoms with Gasteiger partial charge in [0.1, 0.15) is 11.3 Å². The number of benzene rings is 2. The monoisotopic (exact) mass is 418 g/mol. The molecule has 0 fully saturated rings. The molecule has 0 aliphatic carbocycles. The highest BCUT2D eigenvalue weighted by molar-refractivity contribution is 6.70. The molecule has 148 valence electrons. The highest BCUT2D eigenvalue weighted by Crippen LogP contribution is 2.32. The molecule has 2 rings (SSSR count). The Kier molecular flexibility index (Phi) is 7.04. The molecule has 0 bridgehead atoms. The van der Waals surface area contributed by atoms with Gasteiger partial charge in [-0.15, -0.1) is 0 Å². The van der Waals surface area contributed by atoms with Crippen LogP contribution in [0.2, 0.25) is 24.7 Å². The Balaban J connectivity index is 2.70. The molecule has 0 spiro atoms. The van der Waals surface area contributed by atoms with Crippen molar-refractivity contribution >= 4 is 43.2 Å². The molecule has 0 unspecified atom stereocenters. The van der Waals surface area contributed by atoms with Crippen molar-refractivity contribution in [3.8, 4) is 0 Å². The number of hydrogen-bond donors (Lipinski definition) is 0. The molecule has 0 atom stereocenters. The fraction of sp³-hybridized carbons (Fsp3) is 0.238. The van der Waals surface area contributed by atoms with Crippen LogP contribution in [0.5, 0.6) is 0 Å². The average molecular weight is 419 g/mol. The molecule has 0 N–H and O–H groups in total. The molecule has 7 heteroatoms. The smallest absolute Gasteiger partial charge is 0.342 e.